The molecule has 1 aliphatic heterocycles. The van der Waals surface area contributed by atoms with Crippen LogP contribution >= 0.6 is 0 Å². The zero-order valence-electron chi connectivity index (χ0n) is 12.2. The molecule has 1 rings (SSSR count). The average molecular weight is 255 g/mol. The predicted octanol–water partition coefficient (Wildman–Crippen LogP) is 1.16. The van der Waals surface area contributed by atoms with Crippen LogP contribution in [0.25, 0.3) is 0 Å². The van der Waals surface area contributed by atoms with Gasteiger partial charge in [-0.15, -0.1) is 0 Å². The number of nitrogens with two attached hydrogens (primary N) is 1. The Morgan fingerprint density at radius 1 is 1.22 bits per heavy atom. The van der Waals surface area contributed by atoms with Crippen molar-refractivity contribution in [1.29, 1.82) is 0 Å². The van der Waals surface area contributed by atoms with E-state index in [9.17, 15) is 4.79 Å². The van der Waals surface area contributed by atoms with E-state index in [-0.39, 0.29) is 5.92 Å². The van der Waals surface area contributed by atoms with Crippen molar-refractivity contribution in [1.82, 2.24) is 9.80 Å². The van der Waals surface area contributed by atoms with Gasteiger partial charge in [0.25, 0.3) is 0 Å². The van der Waals surface area contributed by atoms with Crippen LogP contribution in [0.5, 0.6) is 0 Å². The normalized spacial score (nSPS) is 19.3. The van der Waals surface area contributed by atoms with E-state index in [1.165, 1.54) is 0 Å². The Bertz CT molecular complexity index is 247. The second kappa shape index (κ2) is 7.74. The van der Waals surface area contributed by atoms with Crippen LogP contribution in [0.2, 0.25) is 0 Å². The number of hydrogen-bond acceptors (Lipinski definition) is 3. The fourth-order valence-electron chi connectivity index (χ4n) is 2.60. The monoisotopic (exact) mass is 255 g/mol. The summed E-state index contributed by atoms with van der Waals surface area (Å²) in [5.41, 5.74) is 5.56. The lowest BCUT2D eigenvalue weighted by molar-refractivity contribution is -0.139. The van der Waals surface area contributed by atoms with Gasteiger partial charge in [0.05, 0.1) is 0 Å². The number of nitrogens with zero attached hydrogens (tertiary/aromatic N) is 2. The Balaban J connectivity index is 2.50. The van der Waals surface area contributed by atoms with Crippen LogP contribution in [0, 0.1) is 11.8 Å². The van der Waals surface area contributed by atoms with E-state index in [1.807, 2.05) is 4.90 Å². The first-order valence-electron chi connectivity index (χ1n) is 7.31. The molecule has 0 radical (unpaired) electrons. The van der Waals surface area contributed by atoms with Gasteiger partial charge in [-0.1, -0.05) is 20.8 Å². The molecule has 1 saturated heterocycles. The Morgan fingerprint density at radius 3 is 2.28 bits per heavy atom. The van der Waals surface area contributed by atoms with Crippen LogP contribution in [0.15, 0.2) is 0 Å². The smallest absolute Gasteiger partial charge is 0.226 e. The van der Waals surface area contributed by atoms with Crippen molar-refractivity contribution in [2.45, 2.75) is 33.6 Å². The highest BCUT2D eigenvalue weighted by Gasteiger charge is 2.28. The largest absolute Gasteiger partial charge is 0.340 e. The quantitative estimate of drug-likeness (QED) is 0.775. The van der Waals surface area contributed by atoms with E-state index < -0.39 is 0 Å². The molecule has 1 aliphatic rings. The summed E-state index contributed by atoms with van der Waals surface area (Å²) in [7, 11) is 0. The third-order valence-electron chi connectivity index (χ3n) is 3.97. The summed E-state index contributed by atoms with van der Waals surface area (Å²) in [5.74, 6) is 0.907. The molecule has 0 aromatic heterocycles. The van der Waals surface area contributed by atoms with Crippen LogP contribution in [0.1, 0.15) is 33.6 Å². The molecular weight excluding hydrogens is 226 g/mol. The second-order valence-electron chi connectivity index (χ2n) is 5.54. The Morgan fingerprint density at radius 2 is 1.83 bits per heavy atom. The molecule has 0 aliphatic carbocycles. The molecule has 4 heteroatoms. The molecule has 1 amide bonds. The van der Waals surface area contributed by atoms with E-state index in [1.54, 1.807) is 0 Å². The van der Waals surface area contributed by atoms with Crippen molar-refractivity contribution in [3.05, 3.63) is 0 Å². The third-order valence-corrected chi connectivity index (χ3v) is 3.97. The van der Waals surface area contributed by atoms with Gasteiger partial charge in [-0.05, 0) is 31.8 Å². The average Bonchev–Trinajstić information content (AvgIpc) is 2.38. The zero-order valence-corrected chi connectivity index (χ0v) is 12.2. The van der Waals surface area contributed by atoms with Gasteiger partial charge in [0.2, 0.25) is 5.91 Å². The molecule has 0 aromatic carbocycles. The number of hydrogen-bond donors (Lipinski definition) is 1. The Hall–Kier alpha value is -0.610. The fraction of sp³-hybridized carbons (Fsp3) is 0.929. The molecule has 106 valence electrons. The maximum absolute atomic E-state index is 12.5. The van der Waals surface area contributed by atoms with Crippen molar-refractivity contribution in [2.24, 2.45) is 17.6 Å². The van der Waals surface area contributed by atoms with E-state index in [2.05, 4.69) is 25.7 Å². The van der Waals surface area contributed by atoms with Gasteiger partial charge in [-0.25, -0.2) is 0 Å². The molecule has 0 saturated carbocycles. The zero-order chi connectivity index (χ0) is 13.5. The van der Waals surface area contributed by atoms with Crippen molar-refractivity contribution in [3.63, 3.8) is 0 Å². The Labute approximate surface area is 111 Å². The molecular formula is C14H29N3O. The summed E-state index contributed by atoms with van der Waals surface area (Å²) in [5, 5.41) is 0. The summed E-state index contributed by atoms with van der Waals surface area (Å²) in [6.45, 7) is 12.0. The lowest BCUT2D eigenvalue weighted by Crippen LogP contribution is -2.50. The second-order valence-corrected chi connectivity index (χ2v) is 5.54. The number of likely N-dealkylation sites (N-methyl/N-ethyl adjacent to an activating group) is 1. The molecule has 18 heavy (non-hydrogen) atoms. The van der Waals surface area contributed by atoms with E-state index in [0.29, 0.717) is 18.4 Å². The molecule has 1 atom stereocenters. The van der Waals surface area contributed by atoms with Crippen molar-refractivity contribution >= 4 is 5.91 Å². The van der Waals surface area contributed by atoms with Gasteiger partial charge in [0.15, 0.2) is 0 Å². The first-order valence-corrected chi connectivity index (χ1v) is 7.31. The van der Waals surface area contributed by atoms with Gasteiger partial charge in [0, 0.05) is 32.1 Å². The topological polar surface area (TPSA) is 49.6 Å². The molecule has 0 aromatic rings. The highest BCUT2D eigenvalue weighted by Crippen LogP contribution is 2.20. The third kappa shape index (κ3) is 4.25. The van der Waals surface area contributed by atoms with Crippen LogP contribution < -0.4 is 5.73 Å². The van der Waals surface area contributed by atoms with Crippen LogP contribution in [-0.4, -0.2) is 55.0 Å². The van der Waals surface area contributed by atoms with Gasteiger partial charge in [0.1, 0.15) is 0 Å². The fourth-order valence-corrected chi connectivity index (χ4v) is 2.60. The van der Waals surface area contributed by atoms with Crippen molar-refractivity contribution in [3.8, 4) is 0 Å². The van der Waals surface area contributed by atoms with Crippen molar-refractivity contribution < 1.29 is 4.79 Å². The summed E-state index contributed by atoms with van der Waals surface area (Å²) < 4.78 is 0. The first-order chi connectivity index (χ1) is 8.60. The van der Waals surface area contributed by atoms with Crippen LogP contribution in [0.3, 0.4) is 0 Å². The van der Waals surface area contributed by atoms with Crippen LogP contribution in [0.4, 0.5) is 0 Å². The molecule has 2 N–H and O–H groups in total. The maximum Gasteiger partial charge on any atom is 0.226 e. The van der Waals surface area contributed by atoms with Crippen LogP contribution in [-0.2, 0) is 4.79 Å². The number of carbonyl (C=O) groups is 1. The highest BCUT2D eigenvalue weighted by atomic mass is 16.2. The van der Waals surface area contributed by atoms with Crippen molar-refractivity contribution in [2.75, 3.05) is 39.3 Å². The summed E-state index contributed by atoms with van der Waals surface area (Å²) in [6.07, 6.45) is 1.88. The summed E-state index contributed by atoms with van der Waals surface area (Å²) >= 11 is 0. The number of piperazine rings is 1. The number of amides is 1. The molecule has 1 unspecified atom stereocenters. The predicted molar refractivity (Wildman–Crippen MR) is 75.3 cm³/mol. The molecule has 0 bridgehead atoms. The summed E-state index contributed by atoms with van der Waals surface area (Å²) in [6, 6.07) is 0. The molecule has 4 nitrogen and oxygen atoms in total. The van der Waals surface area contributed by atoms with E-state index in [4.69, 9.17) is 5.73 Å². The number of carbonyl (C=O) groups excluding carboxylic acids is 1. The first kappa shape index (κ1) is 15.4. The minimum absolute atomic E-state index is 0.154. The lowest BCUT2D eigenvalue weighted by Gasteiger charge is -2.36. The maximum atomic E-state index is 12.5. The minimum Gasteiger partial charge on any atom is -0.340 e. The van der Waals surface area contributed by atoms with Gasteiger partial charge < -0.3 is 15.5 Å². The van der Waals surface area contributed by atoms with E-state index >= 15 is 0 Å². The van der Waals surface area contributed by atoms with Gasteiger partial charge in [-0.2, -0.15) is 0 Å². The Kier molecular flexibility index (Phi) is 6.65. The standard InChI is InChI=1S/C14H29N3O/c1-4-16-8-10-17(11-9-16)14(18)13(12(2)3)6-5-7-15/h12-13H,4-11,15H2,1-3H3. The molecule has 0 spiro atoms. The van der Waals surface area contributed by atoms with Gasteiger partial charge in [-0.3, -0.25) is 4.79 Å². The number of rotatable bonds is 6. The SMILES string of the molecule is CCN1CCN(C(=O)C(CCCN)C(C)C)CC1. The van der Waals surface area contributed by atoms with Gasteiger partial charge >= 0.3 is 0 Å². The van der Waals surface area contributed by atoms with E-state index in [0.717, 1.165) is 45.6 Å². The lowest BCUT2D eigenvalue weighted by atomic mass is 9.89. The minimum atomic E-state index is 0.154. The summed E-state index contributed by atoms with van der Waals surface area (Å²) in [4.78, 5) is 17.0. The highest BCUT2D eigenvalue weighted by molar-refractivity contribution is 5.79. The molecule has 1 fully saturated rings. The molecule has 1 heterocycles.